The Bertz CT molecular complexity index is 122. The molecule has 0 unspecified atom stereocenters. The third-order valence-electron chi connectivity index (χ3n) is 2.06. The molecule has 52 valence electrons. The zero-order chi connectivity index (χ0) is 6.85. The summed E-state index contributed by atoms with van der Waals surface area (Å²) in [6.07, 6.45) is 2.23. The van der Waals surface area contributed by atoms with Crippen molar-refractivity contribution in [3.8, 4) is 0 Å². The van der Waals surface area contributed by atoms with Crippen LogP contribution >= 0.6 is 0 Å². The maximum absolute atomic E-state index is 10.8. The summed E-state index contributed by atoms with van der Waals surface area (Å²) in [5.41, 5.74) is 5.18. The van der Waals surface area contributed by atoms with Gasteiger partial charge in [-0.05, 0) is 12.3 Å². The van der Waals surface area contributed by atoms with Gasteiger partial charge in [0.2, 0.25) is 0 Å². The lowest BCUT2D eigenvalue weighted by Crippen LogP contribution is -2.15. The minimum Gasteiger partial charge on any atom is -0.324 e. The lowest BCUT2D eigenvalue weighted by molar-refractivity contribution is -0.119. The summed E-state index contributed by atoms with van der Waals surface area (Å²) in [5.74, 6) is 1.25. The van der Waals surface area contributed by atoms with E-state index in [0.29, 0.717) is 11.8 Å². The van der Waals surface area contributed by atoms with Gasteiger partial charge in [0, 0.05) is 5.92 Å². The number of nitrogens with two attached hydrogens (primary N) is 1. The summed E-state index contributed by atoms with van der Waals surface area (Å²) in [4.78, 5) is 10.8. The Morgan fingerprint density at radius 1 is 1.78 bits per heavy atom. The standard InChI is InChI=1S/C7H13NO/c1-2-5-3-6(5)7(9)4-8/h5-6H,2-4,8H2,1H3/t5-,6-/m1/s1. The number of carbonyl (C=O) groups is 1. The second-order valence-electron chi connectivity index (χ2n) is 2.68. The molecule has 1 rings (SSSR count). The monoisotopic (exact) mass is 127 g/mol. The van der Waals surface area contributed by atoms with Crippen molar-refractivity contribution in [3.63, 3.8) is 0 Å². The van der Waals surface area contributed by atoms with Gasteiger partial charge in [-0.2, -0.15) is 0 Å². The lowest BCUT2D eigenvalue weighted by atomic mass is 10.2. The SMILES string of the molecule is CC[C@@H]1C[C@H]1C(=O)CN. The minimum atomic E-state index is 0.237. The molecule has 0 spiro atoms. The molecule has 2 heteroatoms. The van der Waals surface area contributed by atoms with Crippen molar-refractivity contribution in [2.45, 2.75) is 19.8 Å². The van der Waals surface area contributed by atoms with Crippen LogP contribution in [0.3, 0.4) is 0 Å². The van der Waals surface area contributed by atoms with E-state index in [9.17, 15) is 4.79 Å². The van der Waals surface area contributed by atoms with E-state index >= 15 is 0 Å². The van der Waals surface area contributed by atoms with Gasteiger partial charge in [0.25, 0.3) is 0 Å². The van der Waals surface area contributed by atoms with Crippen molar-refractivity contribution in [1.82, 2.24) is 0 Å². The molecule has 1 aliphatic rings. The van der Waals surface area contributed by atoms with Gasteiger partial charge < -0.3 is 5.73 Å². The van der Waals surface area contributed by atoms with Crippen LogP contribution in [0.2, 0.25) is 0 Å². The van der Waals surface area contributed by atoms with E-state index in [2.05, 4.69) is 6.92 Å². The summed E-state index contributed by atoms with van der Waals surface area (Å²) >= 11 is 0. The van der Waals surface area contributed by atoms with Crippen LogP contribution in [0.15, 0.2) is 0 Å². The molecule has 2 nitrogen and oxygen atoms in total. The molecule has 0 radical (unpaired) electrons. The van der Waals surface area contributed by atoms with Gasteiger partial charge >= 0.3 is 0 Å². The molecule has 2 atom stereocenters. The zero-order valence-electron chi connectivity index (χ0n) is 5.76. The molecule has 0 aromatic heterocycles. The Morgan fingerprint density at radius 3 is 2.78 bits per heavy atom. The van der Waals surface area contributed by atoms with Crippen LogP contribution in [0.4, 0.5) is 0 Å². The predicted molar refractivity (Wildman–Crippen MR) is 35.9 cm³/mol. The smallest absolute Gasteiger partial charge is 0.149 e. The van der Waals surface area contributed by atoms with Crippen molar-refractivity contribution < 1.29 is 4.79 Å². The highest BCUT2D eigenvalue weighted by Crippen LogP contribution is 2.41. The molecule has 0 amide bonds. The fourth-order valence-corrected chi connectivity index (χ4v) is 1.24. The molecular formula is C7H13NO. The summed E-state index contributed by atoms with van der Waals surface area (Å²) in [6, 6.07) is 0. The first kappa shape index (κ1) is 6.75. The molecule has 2 N–H and O–H groups in total. The van der Waals surface area contributed by atoms with Crippen LogP contribution in [0.5, 0.6) is 0 Å². The van der Waals surface area contributed by atoms with E-state index in [1.807, 2.05) is 0 Å². The highest BCUT2D eigenvalue weighted by atomic mass is 16.1. The Hall–Kier alpha value is -0.370. The molecule has 0 bridgehead atoms. The largest absolute Gasteiger partial charge is 0.324 e. The van der Waals surface area contributed by atoms with E-state index in [-0.39, 0.29) is 12.3 Å². The van der Waals surface area contributed by atoms with Gasteiger partial charge in [-0.3, -0.25) is 4.79 Å². The number of carbonyl (C=O) groups excluding carboxylic acids is 1. The van der Waals surface area contributed by atoms with E-state index < -0.39 is 0 Å². The minimum absolute atomic E-state index is 0.237. The van der Waals surface area contributed by atoms with Crippen LogP contribution in [-0.2, 0) is 4.79 Å². The Balaban J connectivity index is 2.25. The fraction of sp³-hybridized carbons (Fsp3) is 0.857. The molecule has 1 saturated carbocycles. The fourth-order valence-electron chi connectivity index (χ4n) is 1.24. The van der Waals surface area contributed by atoms with Gasteiger partial charge in [-0.25, -0.2) is 0 Å². The lowest BCUT2D eigenvalue weighted by Gasteiger charge is -1.90. The van der Waals surface area contributed by atoms with E-state index in [1.54, 1.807) is 0 Å². The summed E-state index contributed by atoms with van der Waals surface area (Å²) < 4.78 is 0. The quantitative estimate of drug-likeness (QED) is 0.602. The van der Waals surface area contributed by atoms with Crippen molar-refractivity contribution >= 4 is 5.78 Å². The van der Waals surface area contributed by atoms with Crippen LogP contribution in [-0.4, -0.2) is 12.3 Å². The Morgan fingerprint density at radius 2 is 2.44 bits per heavy atom. The third kappa shape index (κ3) is 1.30. The topological polar surface area (TPSA) is 43.1 Å². The second kappa shape index (κ2) is 2.48. The summed E-state index contributed by atoms with van der Waals surface area (Å²) in [5, 5.41) is 0. The van der Waals surface area contributed by atoms with Crippen LogP contribution in [0.1, 0.15) is 19.8 Å². The summed E-state index contributed by atoms with van der Waals surface area (Å²) in [7, 11) is 0. The number of rotatable bonds is 3. The molecule has 1 fully saturated rings. The summed E-state index contributed by atoms with van der Waals surface area (Å²) in [6.45, 7) is 2.36. The van der Waals surface area contributed by atoms with Crippen LogP contribution in [0, 0.1) is 11.8 Å². The van der Waals surface area contributed by atoms with Crippen molar-refractivity contribution in [2.24, 2.45) is 17.6 Å². The first-order chi connectivity index (χ1) is 4.29. The Kier molecular flexibility index (Phi) is 1.86. The van der Waals surface area contributed by atoms with Gasteiger partial charge in [-0.15, -0.1) is 0 Å². The van der Waals surface area contributed by atoms with E-state index in [0.717, 1.165) is 12.8 Å². The molecule has 0 aromatic rings. The maximum Gasteiger partial charge on any atom is 0.149 e. The first-order valence-electron chi connectivity index (χ1n) is 3.52. The Labute approximate surface area is 55.4 Å². The molecule has 1 aliphatic carbocycles. The van der Waals surface area contributed by atoms with Crippen LogP contribution < -0.4 is 5.73 Å². The van der Waals surface area contributed by atoms with Crippen molar-refractivity contribution in [1.29, 1.82) is 0 Å². The van der Waals surface area contributed by atoms with E-state index in [4.69, 9.17) is 5.73 Å². The highest BCUT2D eigenvalue weighted by molar-refractivity contribution is 5.85. The van der Waals surface area contributed by atoms with Gasteiger partial charge in [0.05, 0.1) is 6.54 Å². The molecule has 0 saturated heterocycles. The van der Waals surface area contributed by atoms with Gasteiger partial charge in [0.15, 0.2) is 0 Å². The molecule has 0 aliphatic heterocycles. The number of hydrogen-bond donors (Lipinski definition) is 1. The predicted octanol–water partition coefficient (Wildman–Crippen LogP) is 0.560. The zero-order valence-corrected chi connectivity index (χ0v) is 5.76. The average molecular weight is 127 g/mol. The molecule has 0 heterocycles. The number of ketones is 1. The average Bonchev–Trinajstić information content (AvgIpc) is 2.64. The third-order valence-corrected chi connectivity index (χ3v) is 2.06. The van der Waals surface area contributed by atoms with Gasteiger partial charge in [0.1, 0.15) is 5.78 Å². The van der Waals surface area contributed by atoms with E-state index in [1.165, 1.54) is 0 Å². The first-order valence-corrected chi connectivity index (χ1v) is 3.52. The number of hydrogen-bond acceptors (Lipinski definition) is 2. The molecule has 9 heavy (non-hydrogen) atoms. The molecular weight excluding hydrogens is 114 g/mol. The number of Topliss-reactive ketones (excluding diaryl/α,β-unsaturated/α-hetero) is 1. The molecule has 0 aromatic carbocycles. The second-order valence-corrected chi connectivity index (χ2v) is 2.68. The van der Waals surface area contributed by atoms with Crippen molar-refractivity contribution in [2.75, 3.05) is 6.54 Å². The van der Waals surface area contributed by atoms with Crippen LogP contribution in [0.25, 0.3) is 0 Å². The van der Waals surface area contributed by atoms with Gasteiger partial charge in [-0.1, -0.05) is 13.3 Å². The maximum atomic E-state index is 10.8. The normalized spacial score (nSPS) is 32.2. The van der Waals surface area contributed by atoms with Crippen molar-refractivity contribution in [3.05, 3.63) is 0 Å². The highest BCUT2D eigenvalue weighted by Gasteiger charge is 2.39.